The predicted molar refractivity (Wildman–Crippen MR) is 149 cm³/mol. The summed E-state index contributed by atoms with van der Waals surface area (Å²) in [6.45, 7) is 3.74. The highest BCUT2D eigenvalue weighted by Gasteiger charge is 2.30. The fourth-order valence-corrected chi connectivity index (χ4v) is 6.09. The SMILES string of the molecule is Nc1ncnc2c1c(-c1ccc3nc(-c4ccc(Cl)cc4)[nH]c3c1)nn2C1CCC(N2CCOCC2)CC1. The van der Waals surface area contributed by atoms with Crippen LogP contribution in [0, 0.1) is 0 Å². The first-order valence-corrected chi connectivity index (χ1v) is 13.6. The van der Waals surface area contributed by atoms with Gasteiger partial charge in [-0.1, -0.05) is 17.7 Å². The van der Waals surface area contributed by atoms with Gasteiger partial charge in [0.1, 0.15) is 23.7 Å². The van der Waals surface area contributed by atoms with E-state index in [1.165, 1.54) is 6.33 Å². The Kier molecular flexibility index (Phi) is 5.99. The van der Waals surface area contributed by atoms with E-state index in [1.54, 1.807) is 0 Å². The van der Waals surface area contributed by atoms with E-state index >= 15 is 0 Å². The number of halogens is 1. The van der Waals surface area contributed by atoms with Gasteiger partial charge < -0.3 is 15.5 Å². The molecular formula is C28H29ClN8O. The van der Waals surface area contributed by atoms with Crippen LogP contribution in [0.1, 0.15) is 31.7 Å². The number of aromatic amines is 1. The largest absolute Gasteiger partial charge is 0.383 e. The lowest BCUT2D eigenvalue weighted by molar-refractivity contribution is 0.00520. The number of hydrogen-bond acceptors (Lipinski definition) is 7. The first-order valence-electron chi connectivity index (χ1n) is 13.2. The van der Waals surface area contributed by atoms with Gasteiger partial charge in [0.25, 0.3) is 0 Å². The van der Waals surface area contributed by atoms with Crippen molar-refractivity contribution in [1.82, 2.24) is 34.6 Å². The summed E-state index contributed by atoms with van der Waals surface area (Å²) in [5.74, 6) is 1.24. The molecule has 0 bridgehead atoms. The van der Waals surface area contributed by atoms with Crippen LogP contribution in [0.5, 0.6) is 0 Å². The average molecular weight is 529 g/mol. The molecule has 0 radical (unpaired) electrons. The second-order valence-electron chi connectivity index (χ2n) is 10.2. The molecule has 7 rings (SSSR count). The zero-order chi connectivity index (χ0) is 25.6. The molecule has 4 heterocycles. The minimum Gasteiger partial charge on any atom is -0.383 e. The van der Waals surface area contributed by atoms with Crippen LogP contribution in [0.3, 0.4) is 0 Å². The van der Waals surface area contributed by atoms with E-state index in [0.717, 1.165) is 96.7 Å². The molecule has 0 atom stereocenters. The molecule has 1 aliphatic carbocycles. The molecule has 10 heteroatoms. The van der Waals surface area contributed by atoms with E-state index < -0.39 is 0 Å². The summed E-state index contributed by atoms with van der Waals surface area (Å²) in [7, 11) is 0. The number of morpholine rings is 1. The summed E-state index contributed by atoms with van der Waals surface area (Å²) in [5, 5.41) is 6.62. The number of ether oxygens (including phenoxy) is 1. The molecule has 0 amide bonds. The molecule has 3 N–H and O–H groups in total. The van der Waals surface area contributed by atoms with Crippen molar-refractivity contribution in [3.8, 4) is 22.6 Å². The fraction of sp³-hybridized carbons (Fsp3) is 0.357. The highest BCUT2D eigenvalue weighted by molar-refractivity contribution is 6.30. The molecule has 5 aromatic rings. The first kappa shape index (κ1) is 23.6. The van der Waals surface area contributed by atoms with Crippen LogP contribution in [0.25, 0.3) is 44.7 Å². The molecule has 194 valence electrons. The first-order chi connectivity index (χ1) is 18.6. The number of hydrogen-bond donors (Lipinski definition) is 2. The number of H-pyrrole nitrogens is 1. The normalized spacial score (nSPS) is 20.9. The van der Waals surface area contributed by atoms with Gasteiger partial charge in [-0.3, -0.25) is 4.90 Å². The molecule has 0 unspecified atom stereocenters. The highest BCUT2D eigenvalue weighted by Crippen LogP contribution is 2.37. The van der Waals surface area contributed by atoms with Gasteiger partial charge in [0.05, 0.1) is 35.7 Å². The minimum absolute atomic E-state index is 0.283. The van der Waals surface area contributed by atoms with Gasteiger partial charge in [0, 0.05) is 35.3 Å². The number of anilines is 1. The molecule has 0 spiro atoms. The maximum Gasteiger partial charge on any atom is 0.164 e. The number of nitrogens with one attached hydrogen (secondary N) is 1. The molecule has 3 aromatic heterocycles. The zero-order valence-electron chi connectivity index (χ0n) is 21.0. The molecule has 2 fully saturated rings. The molecule has 1 saturated carbocycles. The number of rotatable bonds is 4. The smallest absolute Gasteiger partial charge is 0.164 e. The van der Waals surface area contributed by atoms with E-state index in [0.29, 0.717) is 16.9 Å². The number of nitrogen functional groups attached to an aromatic ring is 1. The quantitative estimate of drug-likeness (QED) is 0.334. The van der Waals surface area contributed by atoms with Crippen LogP contribution < -0.4 is 5.73 Å². The second kappa shape index (κ2) is 9.65. The Bertz CT molecular complexity index is 1600. The molecular weight excluding hydrogens is 500 g/mol. The summed E-state index contributed by atoms with van der Waals surface area (Å²) >= 11 is 6.06. The van der Waals surface area contributed by atoms with Gasteiger partial charge in [0.2, 0.25) is 0 Å². The van der Waals surface area contributed by atoms with Crippen LogP contribution in [-0.4, -0.2) is 67.0 Å². The average Bonchev–Trinajstić information content (AvgIpc) is 3.56. The van der Waals surface area contributed by atoms with Gasteiger partial charge >= 0.3 is 0 Å². The Morgan fingerprint density at radius 2 is 1.66 bits per heavy atom. The summed E-state index contributed by atoms with van der Waals surface area (Å²) in [6.07, 6.45) is 5.96. The number of aromatic nitrogens is 6. The Balaban J connectivity index is 1.22. The fourth-order valence-electron chi connectivity index (χ4n) is 5.96. The Hall–Kier alpha value is -3.53. The van der Waals surface area contributed by atoms with Crippen molar-refractivity contribution in [3.05, 3.63) is 53.8 Å². The van der Waals surface area contributed by atoms with Gasteiger partial charge in [0.15, 0.2) is 5.65 Å². The monoisotopic (exact) mass is 528 g/mol. The third-order valence-corrected chi connectivity index (χ3v) is 8.22. The van der Waals surface area contributed by atoms with Crippen LogP contribution in [-0.2, 0) is 4.74 Å². The van der Waals surface area contributed by atoms with Crippen LogP contribution >= 0.6 is 11.6 Å². The maximum atomic E-state index is 6.41. The van der Waals surface area contributed by atoms with E-state index in [2.05, 4.69) is 30.6 Å². The van der Waals surface area contributed by atoms with Gasteiger partial charge in [-0.2, -0.15) is 5.10 Å². The van der Waals surface area contributed by atoms with E-state index in [4.69, 9.17) is 32.2 Å². The number of nitrogens with two attached hydrogens (primary N) is 1. The molecule has 1 saturated heterocycles. The number of nitrogens with zero attached hydrogens (tertiary/aromatic N) is 6. The Morgan fingerprint density at radius 1 is 0.921 bits per heavy atom. The van der Waals surface area contributed by atoms with E-state index in [1.807, 2.05) is 36.4 Å². The topological polar surface area (TPSA) is 111 Å². The number of imidazole rings is 1. The number of fused-ring (bicyclic) bond motifs is 2. The second-order valence-corrected chi connectivity index (χ2v) is 10.6. The zero-order valence-corrected chi connectivity index (χ0v) is 21.7. The van der Waals surface area contributed by atoms with E-state index in [-0.39, 0.29) is 6.04 Å². The van der Waals surface area contributed by atoms with Gasteiger partial charge in [-0.15, -0.1) is 0 Å². The van der Waals surface area contributed by atoms with E-state index in [9.17, 15) is 0 Å². The molecule has 2 aromatic carbocycles. The minimum atomic E-state index is 0.283. The lowest BCUT2D eigenvalue weighted by Crippen LogP contribution is -2.45. The molecule has 9 nitrogen and oxygen atoms in total. The summed E-state index contributed by atoms with van der Waals surface area (Å²) in [4.78, 5) is 19.7. The van der Waals surface area contributed by atoms with Crippen LogP contribution in [0.2, 0.25) is 5.02 Å². The molecule has 38 heavy (non-hydrogen) atoms. The van der Waals surface area contributed by atoms with Gasteiger partial charge in [-0.25, -0.2) is 19.6 Å². The van der Waals surface area contributed by atoms with Crippen molar-refractivity contribution in [2.24, 2.45) is 0 Å². The Labute approximate surface area is 225 Å². The van der Waals surface area contributed by atoms with Crippen molar-refractivity contribution in [3.63, 3.8) is 0 Å². The van der Waals surface area contributed by atoms with Crippen molar-refractivity contribution in [2.45, 2.75) is 37.8 Å². The Morgan fingerprint density at radius 3 is 2.45 bits per heavy atom. The summed E-state index contributed by atoms with van der Waals surface area (Å²) in [5.41, 5.74) is 11.8. The standard InChI is InChI=1S/C28H29ClN8O/c29-19-4-1-17(2-5-19)27-33-22-10-3-18(15-23(22)34-27)25-24-26(30)31-16-32-28(24)37(35-25)21-8-6-20(7-9-21)36-11-13-38-14-12-36/h1-5,10,15-16,20-21H,6-9,11-14H2,(H,33,34)(H2,30,31,32). The van der Waals surface area contributed by atoms with Crippen LogP contribution in [0.4, 0.5) is 5.82 Å². The lowest BCUT2D eigenvalue weighted by Gasteiger charge is -2.38. The van der Waals surface area contributed by atoms with Crippen LogP contribution in [0.15, 0.2) is 48.8 Å². The maximum absolute atomic E-state index is 6.41. The van der Waals surface area contributed by atoms with Crippen molar-refractivity contribution < 1.29 is 4.74 Å². The lowest BCUT2D eigenvalue weighted by atomic mass is 9.90. The highest BCUT2D eigenvalue weighted by atomic mass is 35.5. The number of benzene rings is 2. The summed E-state index contributed by atoms with van der Waals surface area (Å²) in [6, 6.07) is 14.7. The van der Waals surface area contributed by atoms with Crippen molar-refractivity contribution in [1.29, 1.82) is 0 Å². The third kappa shape index (κ3) is 4.20. The molecule has 1 aliphatic heterocycles. The van der Waals surface area contributed by atoms with Crippen molar-refractivity contribution in [2.75, 3.05) is 32.0 Å². The predicted octanol–water partition coefficient (Wildman–Crippen LogP) is 5.09. The third-order valence-electron chi connectivity index (χ3n) is 7.97. The summed E-state index contributed by atoms with van der Waals surface area (Å²) < 4.78 is 7.64. The van der Waals surface area contributed by atoms with Gasteiger partial charge in [-0.05, 0) is 62.1 Å². The molecule has 2 aliphatic rings. The van der Waals surface area contributed by atoms with Crippen molar-refractivity contribution >= 4 is 39.5 Å².